The van der Waals surface area contributed by atoms with Crippen LogP contribution in [0.5, 0.6) is 0 Å². The highest BCUT2D eigenvalue weighted by Gasteiger charge is 2.45. The summed E-state index contributed by atoms with van der Waals surface area (Å²) in [6.07, 6.45) is 4.87. The Balaban J connectivity index is 1.01. The predicted octanol–water partition coefficient (Wildman–Crippen LogP) is 17.8. The standard InChI is InChI=1S/C65H48N2/c1-3-20-45(21-4-1)51-26-7-8-27-52(51)53-28-9-10-29-54(53)57-31-12-15-34-62(57)66(50-37-38-56-55-30-11-14-33-60(55)65(61(56)44-50)40-17-18-41-65)49-25-19-22-46(42-49)47-36-39-64-59(43-47)58-32-13-16-35-63(58)67(64)48-23-5-2-6-24-48/h1-16,19-39,42-44H,17-18,40-41H2. The molecule has 13 rings (SSSR count). The van der Waals surface area contributed by atoms with Crippen molar-refractivity contribution in [2.75, 3.05) is 4.90 Å². The highest BCUT2D eigenvalue weighted by atomic mass is 15.1. The lowest BCUT2D eigenvalue weighted by Gasteiger charge is -2.31. The molecule has 0 bridgehead atoms. The lowest BCUT2D eigenvalue weighted by atomic mass is 9.76. The number of fused-ring (bicyclic) bond motifs is 8. The maximum absolute atomic E-state index is 2.55. The summed E-state index contributed by atoms with van der Waals surface area (Å²) in [5.74, 6) is 0. The van der Waals surface area contributed by atoms with E-state index < -0.39 is 0 Å². The van der Waals surface area contributed by atoms with Gasteiger partial charge in [0.05, 0.1) is 16.7 Å². The van der Waals surface area contributed by atoms with Crippen LogP contribution in [0.2, 0.25) is 0 Å². The van der Waals surface area contributed by atoms with Crippen LogP contribution in [-0.2, 0) is 5.41 Å². The molecule has 0 amide bonds. The Hall–Kier alpha value is -8.20. The van der Waals surface area contributed by atoms with Gasteiger partial charge in [0, 0.05) is 38.8 Å². The van der Waals surface area contributed by atoms with Gasteiger partial charge in [-0.15, -0.1) is 0 Å². The minimum Gasteiger partial charge on any atom is -0.310 e. The number of rotatable bonds is 8. The highest BCUT2D eigenvalue weighted by Crippen LogP contribution is 2.58. The van der Waals surface area contributed by atoms with Gasteiger partial charge in [0.25, 0.3) is 0 Å². The van der Waals surface area contributed by atoms with Gasteiger partial charge in [0.1, 0.15) is 0 Å². The van der Waals surface area contributed by atoms with Gasteiger partial charge in [-0.2, -0.15) is 0 Å². The molecule has 0 atom stereocenters. The Morgan fingerprint density at radius 2 is 0.881 bits per heavy atom. The average Bonchev–Trinajstić information content (AvgIpc) is 4.11. The van der Waals surface area contributed by atoms with Gasteiger partial charge in [-0.25, -0.2) is 0 Å². The quantitative estimate of drug-likeness (QED) is 0.148. The van der Waals surface area contributed by atoms with E-state index in [1.807, 2.05) is 0 Å². The van der Waals surface area contributed by atoms with Crippen LogP contribution in [0.4, 0.5) is 17.1 Å². The predicted molar refractivity (Wildman–Crippen MR) is 282 cm³/mol. The molecule has 0 aliphatic heterocycles. The molecule has 11 aromatic rings. The Labute approximate surface area is 392 Å². The zero-order valence-electron chi connectivity index (χ0n) is 37.3. The molecular formula is C65H48N2. The smallest absolute Gasteiger partial charge is 0.0541 e. The first-order valence-corrected chi connectivity index (χ1v) is 23.8. The molecule has 2 heteroatoms. The summed E-state index contributed by atoms with van der Waals surface area (Å²) in [6.45, 7) is 0. The van der Waals surface area contributed by atoms with Crippen LogP contribution in [-0.4, -0.2) is 4.57 Å². The van der Waals surface area contributed by atoms with E-state index in [1.54, 1.807) is 0 Å². The third kappa shape index (κ3) is 6.39. The fraction of sp³-hybridized carbons (Fsp3) is 0.0769. The molecule has 0 saturated heterocycles. The summed E-state index contributed by atoms with van der Waals surface area (Å²) >= 11 is 0. The molecular weight excluding hydrogens is 809 g/mol. The van der Waals surface area contributed by atoms with E-state index in [1.165, 1.54) is 126 Å². The molecule has 0 N–H and O–H groups in total. The minimum absolute atomic E-state index is 0.0388. The molecule has 2 aliphatic rings. The van der Waals surface area contributed by atoms with Gasteiger partial charge in [0.2, 0.25) is 0 Å². The van der Waals surface area contributed by atoms with Crippen LogP contribution in [0.25, 0.3) is 83.1 Å². The van der Waals surface area contributed by atoms with Gasteiger partial charge in [-0.3, -0.25) is 0 Å². The van der Waals surface area contributed by atoms with Crippen molar-refractivity contribution in [3.8, 4) is 61.3 Å². The molecule has 67 heavy (non-hydrogen) atoms. The Kier molecular flexibility index (Phi) is 9.39. The maximum Gasteiger partial charge on any atom is 0.0541 e. The van der Waals surface area contributed by atoms with Crippen molar-refractivity contribution in [3.05, 3.63) is 254 Å². The van der Waals surface area contributed by atoms with E-state index in [0.717, 1.165) is 11.4 Å². The molecule has 318 valence electrons. The SMILES string of the molecule is c1ccc(-c2ccccc2-c2ccccc2-c2ccccc2N(c2cccc(-c3ccc4c(c3)c3ccccc3n4-c3ccccc3)c2)c2ccc3c(c2)C2(CCCC2)c2ccccc2-3)cc1. The van der Waals surface area contributed by atoms with Gasteiger partial charge in [0.15, 0.2) is 0 Å². The molecule has 0 unspecified atom stereocenters. The molecule has 2 nitrogen and oxygen atoms in total. The molecule has 1 saturated carbocycles. The summed E-state index contributed by atoms with van der Waals surface area (Å²) < 4.78 is 2.39. The zero-order valence-corrected chi connectivity index (χ0v) is 37.3. The first-order valence-electron chi connectivity index (χ1n) is 23.8. The fourth-order valence-corrected chi connectivity index (χ4v) is 11.8. The first kappa shape index (κ1) is 39.2. The van der Waals surface area contributed by atoms with Crippen LogP contribution in [0, 0.1) is 0 Å². The second-order valence-corrected chi connectivity index (χ2v) is 18.3. The molecule has 0 radical (unpaired) electrons. The van der Waals surface area contributed by atoms with E-state index in [0.29, 0.717) is 0 Å². The third-order valence-corrected chi connectivity index (χ3v) is 14.8. The van der Waals surface area contributed by atoms with Crippen LogP contribution in [0.3, 0.4) is 0 Å². The van der Waals surface area contributed by atoms with Crippen molar-refractivity contribution in [2.24, 2.45) is 0 Å². The highest BCUT2D eigenvalue weighted by molar-refractivity contribution is 6.10. The van der Waals surface area contributed by atoms with Crippen LogP contribution >= 0.6 is 0 Å². The summed E-state index contributed by atoms with van der Waals surface area (Å²) in [4.78, 5) is 2.53. The Bertz CT molecular complexity index is 3650. The van der Waals surface area contributed by atoms with Crippen molar-refractivity contribution in [1.29, 1.82) is 0 Å². The number of aromatic nitrogens is 1. The number of hydrogen-bond donors (Lipinski definition) is 0. The molecule has 10 aromatic carbocycles. The van der Waals surface area contributed by atoms with Crippen LogP contribution in [0.15, 0.2) is 243 Å². The lowest BCUT2D eigenvalue weighted by Crippen LogP contribution is -2.21. The van der Waals surface area contributed by atoms with Crippen LogP contribution in [0.1, 0.15) is 36.8 Å². The lowest BCUT2D eigenvalue weighted by molar-refractivity contribution is 0.550. The Morgan fingerprint density at radius 3 is 1.67 bits per heavy atom. The van der Waals surface area contributed by atoms with Crippen molar-refractivity contribution >= 4 is 38.9 Å². The minimum atomic E-state index is 0.0388. The van der Waals surface area contributed by atoms with Gasteiger partial charge in [-0.1, -0.05) is 195 Å². The van der Waals surface area contributed by atoms with Crippen molar-refractivity contribution in [2.45, 2.75) is 31.1 Å². The monoisotopic (exact) mass is 856 g/mol. The number of hydrogen-bond acceptors (Lipinski definition) is 1. The zero-order chi connectivity index (χ0) is 44.3. The van der Waals surface area contributed by atoms with Gasteiger partial charge in [-0.05, 0) is 135 Å². The van der Waals surface area contributed by atoms with E-state index >= 15 is 0 Å². The number of nitrogens with zero attached hydrogens (tertiary/aromatic N) is 2. The fourth-order valence-electron chi connectivity index (χ4n) is 11.8. The van der Waals surface area contributed by atoms with E-state index in [9.17, 15) is 0 Å². The summed E-state index contributed by atoms with van der Waals surface area (Å²) in [5, 5.41) is 2.50. The van der Waals surface area contributed by atoms with Crippen LogP contribution < -0.4 is 4.90 Å². The average molecular weight is 857 g/mol. The van der Waals surface area contributed by atoms with Crippen molar-refractivity contribution in [3.63, 3.8) is 0 Å². The summed E-state index contributed by atoms with van der Waals surface area (Å²) in [6, 6.07) is 89.9. The Morgan fingerprint density at radius 1 is 0.328 bits per heavy atom. The summed E-state index contributed by atoms with van der Waals surface area (Å²) in [5.41, 5.74) is 22.4. The molecule has 1 heterocycles. The molecule has 2 aliphatic carbocycles. The number of anilines is 3. The van der Waals surface area contributed by atoms with Crippen molar-refractivity contribution in [1.82, 2.24) is 4.57 Å². The number of para-hydroxylation sites is 3. The summed E-state index contributed by atoms with van der Waals surface area (Å²) in [7, 11) is 0. The normalized spacial score (nSPS) is 13.6. The number of benzene rings is 10. The van der Waals surface area contributed by atoms with E-state index in [2.05, 4.69) is 252 Å². The molecule has 1 spiro atoms. The van der Waals surface area contributed by atoms with Gasteiger partial charge >= 0.3 is 0 Å². The maximum atomic E-state index is 2.55. The second-order valence-electron chi connectivity index (χ2n) is 18.3. The molecule has 1 fully saturated rings. The van der Waals surface area contributed by atoms with Crippen molar-refractivity contribution < 1.29 is 0 Å². The van der Waals surface area contributed by atoms with E-state index in [4.69, 9.17) is 0 Å². The van der Waals surface area contributed by atoms with E-state index in [-0.39, 0.29) is 5.41 Å². The largest absolute Gasteiger partial charge is 0.310 e. The second kappa shape index (κ2) is 16.0. The third-order valence-electron chi connectivity index (χ3n) is 14.8. The molecule has 1 aromatic heterocycles. The van der Waals surface area contributed by atoms with Gasteiger partial charge < -0.3 is 9.47 Å². The topological polar surface area (TPSA) is 8.17 Å². The first-order chi connectivity index (χ1) is 33.2.